The zero-order valence-corrected chi connectivity index (χ0v) is 16.2. The van der Waals surface area contributed by atoms with E-state index in [1.165, 1.54) is 51.5 Å². The summed E-state index contributed by atoms with van der Waals surface area (Å²) in [4.78, 5) is 6.47. The Bertz CT molecular complexity index is 220. The summed E-state index contributed by atoms with van der Waals surface area (Å²) in [5.41, 5.74) is 0. The maximum absolute atomic E-state index is 4.22. The highest BCUT2D eigenvalue weighted by molar-refractivity contribution is 14.0. The summed E-state index contributed by atoms with van der Waals surface area (Å²) in [5, 5.41) is 6.70. The van der Waals surface area contributed by atoms with Gasteiger partial charge in [-0.2, -0.15) is 0 Å². The quantitative estimate of drug-likeness (QED) is 0.243. The summed E-state index contributed by atoms with van der Waals surface area (Å²) >= 11 is 0. The van der Waals surface area contributed by atoms with Crippen molar-refractivity contribution in [3.8, 4) is 0 Å². The first kappa shape index (κ1) is 22.2. The molecule has 0 aromatic heterocycles. The molecule has 0 aromatic carbocycles. The molecule has 0 bridgehead atoms. The third kappa shape index (κ3) is 16.0. The van der Waals surface area contributed by atoms with Crippen LogP contribution in [0.15, 0.2) is 4.99 Å². The minimum absolute atomic E-state index is 0. The van der Waals surface area contributed by atoms with Crippen LogP contribution in [0.2, 0.25) is 0 Å². The molecule has 2 N–H and O–H groups in total. The summed E-state index contributed by atoms with van der Waals surface area (Å²) in [6.07, 6.45) is 8.98. The molecule has 0 fully saturated rings. The molecule has 0 saturated heterocycles. The molecule has 0 heterocycles. The Morgan fingerprint density at radius 1 is 0.900 bits per heavy atom. The van der Waals surface area contributed by atoms with Gasteiger partial charge in [-0.1, -0.05) is 32.6 Å². The van der Waals surface area contributed by atoms with Gasteiger partial charge in [-0.05, 0) is 39.9 Å². The van der Waals surface area contributed by atoms with E-state index in [-0.39, 0.29) is 24.0 Å². The second-order valence-corrected chi connectivity index (χ2v) is 5.35. The molecule has 0 atom stereocenters. The first-order valence-electron chi connectivity index (χ1n) is 7.80. The molecule has 122 valence electrons. The van der Waals surface area contributed by atoms with Crippen LogP contribution in [0.4, 0.5) is 0 Å². The van der Waals surface area contributed by atoms with Crippen molar-refractivity contribution < 1.29 is 0 Å². The van der Waals surface area contributed by atoms with Crippen LogP contribution in [0.1, 0.15) is 51.9 Å². The van der Waals surface area contributed by atoms with Crippen LogP contribution in [0, 0.1) is 0 Å². The van der Waals surface area contributed by atoms with Crippen LogP contribution < -0.4 is 10.6 Å². The Morgan fingerprint density at radius 3 is 2.00 bits per heavy atom. The number of unbranched alkanes of at least 4 members (excludes halogenated alkanes) is 5. The summed E-state index contributed by atoms with van der Waals surface area (Å²) in [5.74, 6) is 0.945. The fourth-order valence-electron chi connectivity index (χ4n) is 1.89. The number of aliphatic imine (C=N–C) groups is 1. The maximum atomic E-state index is 4.22. The van der Waals surface area contributed by atoms with Gasteiger partial charge in [-0.3, -0.25) is 4.99 Å². The number of hydrogen-bond acceptors (Lipinski definition) is 2. The molecular formula is C15H35IN4. The van der Waals surface area contributed by atoms with Crippen molar-refractivity contribution in [1.82, 2.24) is 15.5 Å². The fraction of sp³-hybridized carbons (Fsp3) is 0.933. The van der Waals surface area contributed by atoms with Gasteiger partial charge in [0.05, 0.1) is 0 Å². The number of nitrogens with zero attached hydrogens (tertiary/aromatic N) is 2. The van der Waals surface area contributed by atoms with Crippen molar-refractivity contribution in [3.63, 3.8) is 0 Å². The van der Waals surface area contributed by atoms with E-state index in [0.717, 1.165) is 19.0 Å². The van der Waals surface area contributed by atoms with E-state index in [1.54, 1.807) is 0 Å². The zero-order chi connectivity index (χ0) is 14.3. The Balaban J connectivity index is 0. The topological polar surface area (TPSA) is 39.7 Å². The lowest BCUT2D eigenvalue weighted by molar-refractivity contribution is 0.389. The Morgan fingerprint density at radius 2 is 1.45 bits per heavy atom. The van der Waals surface area contributed by atoms with Gasteiger partial charge in [-0.15, -0.1) is 24.0 Å². The fourth-order valence-corrected chi connectivity index (χ4v) is 1.89. The molecule has 20 heavy (non-hydrogen) atoms. The zero-order valence-electron chi connectivity index (χ0n) is 13.9. The molecule has 0 amide bonds. The summed E-state index contributed by atoms with van der Waals surface area (Å²) in [6.45, 7) is 5.46. The number of nitrogens with one attached hydrogen (secondary N) is 2. The van der Waals surface area contributed by atoms with Crippen molar-refractivity contribution in [3.05, 3.63) is 0 Å². The van der Waals surface area contributed by atoms with Gasteiger partial charge in [0.1, 0.15) is 0 Å². The van der Waals surface area contributed by atoms with Crippen LogP contribution in [-0.2, 0) is 0 Å². The average molecular weight is 398 g/mol. The van der Waals surface area contributed by atoms with E-state index in [0.29, 0.717) is 0 Å². The Labute approximate surface area is 143 Å². The normalized spacial score (nSPS) is 11.3. The third-order valence-electron chi connectivity index (χ3n) is 3.12. The SMILES string of the molecule is CCCCNC(=NC)NCCCCCCCN(C)C.I. The van der Waals surface area contributed by atoms with Crippen molar-refractivity contribution >= 4 is 29.9 Å². The van der Waals surface area contributed by atoms with Gasteiger partial charge in [0.2, 0.25) is 0 Å². The van der Waals surface area contributed by atoms with Crippen LogP contribution in [0.25, 0.3) is 0 Å². The Hall–Kier alpha value is -0.0400. The van der Waals surface area contributed by atoms with Crippen LogP contribution in [0.5, 0.6) is 0 Å². The van der Waals surface area contributed by atoms with Gasteiger partial charge >= 0.3 is 0 Å². The first-order valence-corrected chi connectivity index (χ1v) is 7.80. The minimum Gasteiger partial charge on any atom is -0.356 e. The van der Waals surface area contributed by atoms with E-state index in [1.807, 2.05) is 7.05 Å². The van der Waals surface area contributed by atoms with Crippen LogP contribution >= 0.6 is 24.0 Å². The lowest BCUT2D eigenvalue weighted by Crippen LogP contribution is -2.38. The van der Waals surface area contributed by atoms with E-state index >= 15 is 0 Å². The number of hydrogen-bond donors (Lipinski definition) is 2. The van der Waals surface area contributed by atoms with E-state index in [4.69, 9.17) is 0 Å². The van der Waals surface area contributed by atoms with Gasteiger partial charge in [0, 0.05) is 20.1 Å². The predicted octanol–water partition coefficient (Wildman–Crippen LogP) is 3.08. The molecular weight excluding hydrogens is 363 g/mol. The van der Waals surface area contributed by atoms with Crippen molar-refractivity contribution in [2.45, 2.75) is 51.9 Å². The van der Waals surface area contributed by atoms with E-state index < -0.39 is 0 Å². The van der Waals surface area contributed by atoms with Crippen LogP contribution in [-0.4, -0.2) is 51.6 Å². The molecule has 4 nitrogen and oxygen atoms in total. The third-order valence-corrected chi connectivity index (χ3v) is 3.12. The van der Waals surface area contributed by atoms with Gasteiger partial charge in [0.25, 0.3) is 0 Å². The Kier molecular flexibility index (Phi) is 18.9. The second-order valence-electron chi connectivity index (χ2n) is 5.35. The number of guanidine groups is 1. The molecule has 0 radical (unpaired) electrons. The average Bonchev–Trinajstić information content (AvgIpc) is 2.39. The molecule has 0 unspecified atom stereocenters. The highest BCUT2D eigenvalue weighted by atomic mass is 127. The smallest absolute Gasteiger partial charge is 0.190 e. The first-order chi connectivity index (χ1) is 9.20. The van der Waals surface area contributed by atoms with Crippen LogP contribution in [0.3, 0.4) is 0 Å². The number of rotatable bonds is 11. The van der Waals surface area contributed by atoms with Crippen molar-refractivity contribution in [2.24, 2.45) is 4.99 Å². The van der Waals surface area contributed by atoms with Crippen molar-refractivity contribution in [1.29, 1.82) is 0 Å². The molecule has 5 heteroatoms. The van der Waals surface area contributed by atoms with Crippen molar-refractivity contribution in [2.75, 3.05) is 40.8 Å². The molecule has 0 saturated carbocycles. The standard InChI is InChI=1S/C15H34N4.HI/c1-5-6-12-17-15(16-2)18-13-10-8-7-9-11-14-19(3)4;/h5-14H2,1-4H3,(H2,16,17,18);1H. The molecule has 0 aromatic rings. The largest absolute Gasteiger partial charge is 0.356 e. The molecule has 0 aliphatic rings. The second kappa shape index (κ2) is 17.0. The monoisotopic (exact) mass is 398 g/mol. The molecule has 0 aliphatic heterocycles. The summed E-state index contributed by atoms with van der Waals surface area (Å²) < 4.78 is 0. The highest BCUT2D eigenvalue weighted by Crippen LogP contribution is 2.02. The lowest BCUT2D eigenvalue weighted by Gasteiger charge is -2.11. The van der Waals surface area contributed by atoms with Gasteiger partial charge in [-0.25, -0.2) is 0 Å². The van der Waals surface area contributed by atoms with E-state index in [9.17, 15) is 0 Å². The predicted molar refractivity (Wildman–Crippen MR) is 101 cm³/mol. The number of halogens is 1. The van der Waals surface area contributed by atoms with Gasteiger partial charge in [0.15, 0.2) is 5.96 Å². The summed E-state index contributed by atoms with van der Waals surface area (Å²) in [6, 6.07) is 0. The summed E-state index contributed by atoms with van der Waals surface area (Å²) in [7, 11) is 6.12. The van der Waals surface area contributed by atoms with E-state index in [2.05, 4.69) is 41.5 Å². The minimum atomic E-state index is 0. The molecule has 0 spiro atoms. The highest BCUT2D eigenvalue weighted by Gasteiger charge is 1.96. The maximum Gasteiger partial charge on any atom is 0.190 e. The molecule has 0 rings (SSSR count). The van der Waals surface area contributed by atoms with Gasteiger partial charge < -0.3 is 15.5 Å². The molecule has 0 aliphatic carbocycles. The lowest BCUT2D eigenvalue weighted by atomic mass is 10.1.